The number of phenols is 1. The maximum atomic E-state index is 10.1. The molecule has 5 nitrogen and oxygen atoms in total. The number of nitrogens with one attached hydrogen (secondary N) is 3. The molecule has 2 unspecified atom stereocenters. The van der Waals surface area contributed by atoms with Crippen LogP contribution in [-0.2, 0) is 0 Å². The Balaban J connectivity index is 1.72. The van der Waals surface area contributed by atoms with Gasteiger partial charge >= 0.3 is 0 Å². The van der Waals surface area contributed by atoms with Crippen LogP contribution in [0.4, 0.5) is 0 Å². The Morgan fingerprint density at radius 1 is 1.08 bits per heavy atom. The normalized spacial score (nSPS) is 25.4. The number of aromatic hydroxyl groups is 1. The third-order valence-corrected chi connectivity index (χ3v) is 5.00. The average Bonchev–Trinajstić information content (AvgIpc) is 3.11. The maximum absolute atomic E-state index is 10.1. The summed E-state index contributed by atoms with van der Waals surface area (Å²) in [6.45, 7) is 1.99. The summed E-state index contributed by atoms with van der Waals surface area (Å²) in [7, 11) is 0. The van der Waals surface area contributed by atoms with Gasteiger partial charge in [0.2, 0.25) is 0 Å². The van der Waals surface area contributed by atoms with Crippen molar-refractivity contribution in [3.05, 3.63) is 77.0 Å². The van der Waals surface area contributed by atoms with Gasteiger partial charge in [-0.3, -0.25) is 0 Å². The van der Waals surface area contributed by atoms with Gasteiger partial charge in [-0.1, -0.05) is 48.5 Å². The van der Waals surface area contributed by atoms with E-state index >= 15 is 0 Å². The Morgan fingerprint density at radius 3 is 2.58 bits per heavy atom. The number of thiocarbonyl (C=S) groups is 1. The van der Waals surface area contributed by atoms with Crippen molar-refractivity contribution in [2.45, 2.75) is 25.4 Å². The molecule has 6 heteroatoms. The molecule has 132 valence electrons. The second-order valence-electron chi connectivity index (χ2n) is 6.47. The van der Waals surface area contributed by atoms with E-state index in [1.165, 1.54) is 0 Å². The first-order valence-corrected chi connectivity index (χ1v) is 8.98. The Labute approximate surface area is 157 Å². The minimum atomic E-state index is -0.0476. The molecular weight excluding hydrogens is 344 g/mol. The lowest BCUT2D eigenvalue weighted by atomic mass is 9.90. The highest BCUT2D eigenvalue weighted by molar-refractivity contribution is 7.80. The maximum Gasteiger partial charge on any atom is 0.193 e. The second-order valence-corrected chi connectivity index (χ2v) is 6.85. The summed E-state index contributed by atoms with van der Waals surface area (Å²) < 4.78 is 0. The summed E-state index contributed by atoms with van der Waals surface area (Å²) in [6.07, 6.45) is 0.734. The van der Waals surface area contributed by atoms with E-state index in [9.17, 15) is 5.11 Å². The number of nitrogens with zero attached hydrogens (tertiary/aromatic N) is 1. The Kier molecular flexibility index (Phi) is 4.44. The number of phenolic OH excluding ortho intramolecular Hbond substituents is 1. The highest BCUT2D eigenvalue weighted by atomic mass is 32.1. The van der Waals surface area contributed by atoms with Crippen LogP contribution in [0.25, 0.3) is 0 Å². The van der Waals surface area contributed by atoms with E-state index in [1.54, 1.807) is 6.07 Å². The molecule has 26 heavy (non-hydrogen) atoms. The summed E-state index contributed by atoms with van der Waals surface area (Å²) in [6, 6.07) is 17.6. The van der Waals surface area contributed by atoms with Crippen molar-refractivity contribution in [2.24, 2.45) is 4.99 Å². The monoisotopic (exact) mass is 364 g/mol. The average molecular weight is 364 g/mol. The number of hydrazine groups is 1. The number of para-hydroxylation sites is 1. The molecule has 0 amide bonds. The van der Waals surface area contributed by atoms with Crippen molar-refractivity contribution in [1.29, 1.82) is 0 Å². The van der Waals surface area contributed by atoms with Crippen LogP contribution in [0.1, 0.15) is 36.6 Å². The van der Waals surface area contributed by atoms with Gasteiger partial charge in [0.05, 0.1) is 12.1 Å². The van der Waals surface area contributed by atoms with Gasteiger partial charge in [0, 0.05) is 29.0 Å². The van der Waals surface area contributed by atoms with Gasteiger partial charge in [0.15, 0.2) is 5.11 Å². The number of hydrogen-bond donors (Lipinski definition) is 4. The summed E-state index contributed by atoms with van der Waals surface area (Å²) in [5.74, 6) is 0.297. The van der Waals surface area contributed by atoms with Crippen LogP contribution in [0, 0.1) is 0 Å². The molecule has 2 heterocycles. The minimum Gasteiger partial charge on any atom is -0.508 e. The van der Waals surface area contributed by atoms with E-state index in [0.717, 1.165) is 34.5 Å². The van der Waals surface area contributed by atoms with Crippen LogP contribution in [-0.4, -0.2) is 15.9 Å². The molecular formula is C20H20N4OS. The number of aliphatic imine (C=N–C) groups is 1. The van der Waals surface area contributed by atoms with Gasteiger partial charge in [0.25, 0.3) is 0 Å². The van der Waals surface area contributed by atoms with Crippen LogP contribution in [0.3, 0.4) is 0 Å². The van der Waals surface area contributed by atoms with Crippen LogP contribution < -0.4 is 16.2 Å². The van der Waals surface area contributed by atoms with E-state index < -0.39 is 0 Å². The molecule has 0 bridgehead atoms. The number of benzene rings is 2. The van der Waals surface area contributed by atoms with Crippen LogP contribution in [0.5, 0.6) is 5.75 Å². The SMILES string of the molecule is CC1=NC(=S)NC(c2ccccc2)/C1=C1/CC(c2ccccc2O)NN1. The minimum absolute atomic E-state index is 0.00296. The van der Waals surface area contributed by atoms with E-state index in [0.29, 0.717) is 10.9 Å². The molecule has 0 radical (unpaired) electrons. The first kappa shape index (κ1) is 16.8. The molecule has 0 aliphatic carbocycles. The van der Waals surface area contributed by atoms with Crippen LogP contribution in [0.15, 0.2) is 70.9 Å². The highest BCUT2D eigenvalue weighted by Crippen LogP contribution is 2.35. The molecule has 4 N–H and O–H groups in total. The number of hydrogen-bond acceptors (Lipinski definition) is 4. The molecule has 1 saturated heterocycles. The molecule has 2 aromatic carbocycles. The fraction of sp³-hybridized carbons (Fsp3) is 0.200. The van der Waals surface area contributed by atoms with Gasteiger partial charge in [-0.05, 0) is 30.8 Å². The zero-order chi connectivity index (χ0) is 18.1. The van der Waals surface area contributed by atoms with E-state index in [1.807, 2.05) is 43.3 Å². The van der Waals surface area contributed by atoms with Gasteiger partial charge < -0.3 is 15.8 Å². The Morgan fingerprint density at radius 2 is 1.81 bits per heavy atom. The van der Waals surface area contributed by atoms with Crippen molar-refractivity contribution in [2.75, 3.05) is 0 Å². The third kappa shape index (κ3) is 3.09. The summed E-state index contributed by atoms with van der Waals surface area (Å²) in [5.41, 5.74) is 11.7. The number of rotatable bonds is 2. The van der Waals surface area contributed by atoms with Crippen LogP contribution in [0.2, 0.25) is 0 Å². The molecule has 0 aromatic heterocycles. The topological polar surface area (TPSA) is 68.7 Å². The van der Waals surface area contributed by atoms with Crippen molar-refractivity contribution in [3.8, 4) is 5.75 Å². The summed E-state index contributed by atoms with van der Waals surface area (Å²) >= 11 is 5.31. The quantitative estimate of drug-likeness (QED) is 0.616. The van der Waals surface area contributed by atoms with E-state index in [2.05, 4.69) is 33.3 Å². The van der Waals surface area contributed by atoms with Gasteiger partial charge in [-0.2, -0.15) is 0 Å². The van der Waals surface area contributed by atoms with Crippen LogP contribution >= 0.6 is 12.2 Å². The highest BCUT2D eigenvalue weighted by Gasteiger charge is 2.31. The molecule has 0 saturated carbocycles. The molecule has 1 fully saturated rings. The molecule has 4 rings (SSSR count). The molecule has 2 atom stereocenters. The van der Waals surface area contributed by atoms with E-state index in [-0.39, 0.29) is 12.1 Å². The first-order chi connectivity index (χ1) is 12.6. The molecule has 2 aliphatic heterocycles. The third-order valence-electron chi connectivity index (χ3n) is 4.79. The lowest BCUT2D eigenvalue weighted by molar-refractivity contribution is 0.453. The lowest BCUT2D eigenvalue weighted by Crippen LogP contribution is -2.36. The summed E-state index contributed by atoms with van der Waals surface area (Å²) in [5, 5.41) is 14.0. The largest absolute Gasteiger partial charge is 0.508 e. The Bertz CT molecular complexity index is 907. The van der Waals surface area contributed by atoms with E-state index in [4.69, 9.17) is 12.2 Å². The molecule has 2 aliphatic rings. The molecule has 0 spiro atoms. The van der Waals surface area contributed by atoms with Gasteiger partial charge in [-0.25, -0.2) is 10.4 Å². The lowest BCUT2D eigenvalue weighted by Gasteiger charge is -2.28. The fourth-order valence-electron chi connectivity index (χ4n) is 3.57. The smallest absolute Gasteiger partial charge is 0.193 e. The first-order valence-electron chi connectivity index (χ1n) is 8.57. The second kappa shape index (κ2) is 6.90. The van der Waals surface area contributed by atoms with Crippen molar-refractivity contribution in [3.63, 3.8) is 0 Å². The van der Waals surface area contributed by atoms with Gasteiger partial charge in [0.1, 0.15) is 5.75 Å². The zero-order valence-corrected chi connectivity index (χ0v) is 15.2. The Hall–Kier alpha value is -2.70. The van der Waals surface area contributed by atoms with Crippen molar-refractivity contribution in [1.82, 2.24) is 16.2 Å². The summed E-state index contributed by atoms with van der Waals surface area (Å²) in [4.78, 5) is 4.46. The zero-order valence-electron chi connectivity index (χ0n) is 14.4. The van der Waals surface area contributed by atoms with Crippen molar-refractivity contribution < 1.29 is 5.11 Å². The predicted molar refractivity (Wildman–Crippen MR) is 107 cm³/mol. The standard InChI is InChI=1S/C20H20N4OS/c1-12-18(19(22-20(26)21-12)13-7-3-2-4-8-13)16-11-15(23-24-16)14-9-5-6-10-17(14)25/h2-10,15,19,23-25H,11H2,1H3,(H,22,26)/b18-16-. The molecule has 2 aromatic rings. The fourth-order valence-corrected chi connectivity index (χ4v) is 3.82. The van der Waals surface area contributed by atoms with Crippen molar-refractivity contribution >= 4 is 23.0 Å². The van der Waals surface area contributed by atoms with Gasteiger partial charge in [-0.15, -0.1) is 0 Å². The predicted octanol–water partition coefficient (Wildman–Crippen LogP) is 3.28.